The Kier molecular flexibility index (Phi) is 7.14. The molecule has 0 unspecified atom stereocenters. The molecule has 2 aliphatic rings. The van der Waals surface area contributed by atoms with Gasteiger partial charge in [0, 0.05) is 50.3 Å². The van der Waals surface area contributed by atoms with Gasteiger partial charge in [-0.3, -0.25) is 9.52 Å². The van der Waals surface area contributed by atoms with Crippen molar-refractivity contribution in [1.82, 2.24) is 10.3 Å². The summed E-state index contributed by atoms with van der Waals surface area (Å²) in [6.45, 7) is 4.35. The van der Waals surface area contributed by atoms with Crippen molar-refractivity contribution in [2.24, 2.45) is 0 Å². The summed E-state index contributed by atoms with van der Waals surface area (Å²) in [6, 6.07) is 11.2. The molecular formula is C23H31N5O3S. The number of benzene rings is 1. The number of carbonyl (C=O) groups excluding carboxylic acids is 1. The summed E-state index contributed by atoms with van der Waals surface area (Å²) in [6.07, 6.45) is 7.72. The fourth-order valence-corrected chi connectivity index (χ4v) is 5.20. The molecule has 2 fully saturated rings. The highest BCUT2D eigenvalue weighted by atomic mass is 32.2. The van der Waals surface area contributed by atoms with Crippen molar-refractivity contribution in [3.63, 3.8) is 0 Å². The predicted octanol–water partition coefficient (Wildman–Crippen LogP) is 2.73. The summed E-state index contributed by atoms with van der Waals surface area (Å²) in [5.41, 5.74) is 2.38. The van der Waals surface area contributed by atoms with Gasteiger partial charge in [0.15, 0.2) is 0 Å². The minimum Gasteiger partial charge on any atom is -0.372 e. The van der Waals surface area contributed by atoms with Gasteiger partial charge in [-0.2, -0.15) is 0 Å². The second-order valence-corrected chi connectivity index (χ2v) is 10.2. The normalized spacial score (nSPS) is 16.8. The molecule has 32 heavy (non-hydrogen) atoms. The monoisotopic (exact) mass is 457 g/mol. The van der Waals surface area contributed by atoms with Crippen LogP contribution in [0, 0.1) is 0 Å². The standard InChI is InChI=1S/C23H31N5O3S/c29-23(25-17-19-6-11-22(24-16-19)28-14-4-5-15-28)18-32(30,31)26-20-7-9-21(10-8-20)27-12-2-1-3-13-27/h6-11,16,26H,1-5,12-15,17-18H2,(H,25,29). The third kappa shape index (κ3) is 6.12. The molecular weight excluding hydrogens is 426 g/mol. The predicted molar refractivity (Wildman–Crippen MR) is 127 cm³/mol. The second-order valence-electron chi connectivity index (χ2n) is 8.45. The third-order valence-electron chi connectivity index (χ3n) is 5.91. The van der Waals surface area contributed by atoms with Gasteiger partial charge in [0.05, 0.1) is 0 Å². The number of amides is 1. The van der Waals surface area contributed by atoms with Crippen molar-refractivity contribution in [3.05, 3.63) is 48.2 Å². The number of piperidine rings is 1. The quantitative estimate of drug-likeness (QED) is 0.633. The van der Waals surface area contributed by atoms with Crippen LogP contribution in [-0.4, -0.2) is 51.2 Å². The van der Waals surface area contributed by atoms with E-state index in [0.717, 1.165) is 43.2 Å². The van der Waals surface area contributed by atoms with Crippen LogP contribution >= 0.6 is 0 Å². The van der Waals surface area contributed by atoms with Crippen LogP contribution in [0.1, 0.15) is 37.7 Å². The maximum Gasteiger partial charge on any atom is 0.241 e. The number of nitrogens with zero attached hydrogens (tertiary/aromatic N) is 3. The summed E-state index contributed by atoms with van der Waals surface area (Å²) in [7, 11) is -3.79. The van der Waals surface area contributed by atoms with Crippen molar-refractivity contribution in [2.75, 3.05) is 46.5 Å². The molecule has 2 aliphatic heterocycles. The largest absolute Gasteiger partial charge is 0.372 e. The number of nitrogens with one attached hydrogen (secondary N) is 2. The lowest BCUT2D eigenvalue weighted by Gasteiger charge is -2.28. The number of anilines is 3. The summed E-state index contributed by atoms with van der Waals surface area (Å²) >= 11 is 0. The molecule has 3 heterocycles. The van der Waals surface area contributed by atoms with Gasteiger partial charge >= 0.3 is 0 Å². The number of carbonyl (C=O) groups is 1. The maximum atomic E-state index is 12.4. The molecule has 8 nitrogen and oxygen atoms in total. The zero-order valence-electron chi connectivity index (χ0n) is 18.3. The first-order chi connectivity index (χ1) is 15.5. The van der Waals surface area contributed by atoms with Crippen LogP contribution in [0.2, 0.25) is 0 Å². The molecule has 0 atom stereocenters. The molecule has 0 spiro atoms. The van der Waals surface area contributed by atoms with Gasteiger partial charge in [0.2, 0.25) is 15.9 Å². The zero-order chi connectivity index (χ0) is 22.4. The van der Waals surface area contributed by atoms with E-state index in [1.165, 1.54) is 32.1 Å². The Morgan fingerprint density at radius 1 is 0.875 bits per heavy atom. The molecule has 1 aromatic heterocycles. The average molecular weight is 458 g/mol. The van der Waals surface area contributed by atoms with Crippen molar-refractivity contribution in [1.29, 1.82) is 0 Å². The number of hydrogen-bond acceptors (Lipinski definition) is 6. The summed E-state index contributed by atoms with van der Waals surface area (Å²) in [5.74, 6) is -0.234. The van der Waals surface area contributed by atoms with Gasteiger partial charge in [0.1, 0.15) is 11.6 Å². The highest BCUT2D eigenvalue weighted by Gasteiger charge is 2.18. The molecule has 1 aromatic carbocycles. The second kappa shape index (κ2) is 10.2. The molecule has 2 aromatic rings. The van der Waals surface area contributed by atoms with E-state index in [2.05, 4.69) is 24.8 Å². The topological polar surface area (TPSA) is 94.6 Å². The van der Waals surface area contributed by atoms with E-state index in [0.29, 0.717) is 5.69 Å². The third-order valence-corrected chi connectivity index (χ3v) is 7.10. The van der Waals surface area contributed by atoms with Crippen molar-refractivity contribution in [3.8, 4) is 0 Å². The fraction of sp³-hybridized carbons (Fsp3) is 0.478. The van der Waals surface area contributed by atoms with Crippen LogP contribution in [0.4, 0.5) is 17.2 Å². The summed E-state index contributed by atoms with van der Waals surface area (Å²) in [4.78, 5) is 21.2. The van der Waals surface area contributed by atoms with Crippen LogP contribution in [-0.2, 0) is 21.4 Å². The lowest BCUT2D eigenvalue weighted by molar-refractivity contribution is -0.118. The number of pyridine rings is 1. The zero-order valence-corrected chi connectivity index (χ0v) is 19.1. The molecule has 2 N–H and O–H groups in total. The molecule has 0 saturated carbocycles. The Morgan fingerprint density at radius 3 is 2.19 bits per heavy atom. The van der Waals surface area contributed by atoms with E-state index in [-0.39, 0.29) is 6.54 Å². The Balaban J connectivity index is 1.25. The van der Waals surface area contributed by atoms with Gasteiger partial charge in [-0.1, -0.05) is 6.07 Å². The lowest BCUT2D eigenvalue weighted by Crippen LogP contribution is -2.32. The minimum atomic E-state index is -3.79. The van der Waals surface area contributed by atoms with E-state index in [4.69, 9.17) is 0 Å². The first kappa shape index (κ1) is 22.4. The number of rotatable bonds is 8. The molecule has 4 rings (SSSR count). The lowest BCUT2D eigenvalue weighted by atomic mass is 10.1. The molecule has 2 saturated heterocycles. The molecule has 0 radical (unpaired) electrons. The molecule has 1 amide bonds. The maximum absolute atomic E-state index is 12.4. The van der Waals surface area contributed by atoms with Gasteiger partial charge in [-0.15, -0.1) is 0 Å². The van der Waals surface area contributed by atoms with Crippen LogP contribution in [0.15, 0.2) is 42.6 Å². The SMILES string of the molecule is O=C(CS(=O)(=O)Nc1ccc(N2CCCCC2)cc1)NCc1ccc(N2CCCC2)nc1. The van der Waals surface area contributed by atoms with Crippen molar-refractivity contribution >= 4 is 33.1 Å². The first-order valence-electron chi connectivity index (χ1n) is 11.3. The van der Waals surface area contributed by atoms with Gasteiger partial charge in [0.25, 0.3) is 0 Å². The average Bonchev–Trinajstić information content (AvgIpc) is 3.34. The van der Waals surface area contributed by atoms with Gasteiger partial charge in [-0.25, -0.2) is 13.4 Å². The summed E-state index contributed by atoms with van der Waals surface area (Å²) < 4.78 is 27.3. The van der Waals surface area contributed by atoms with Crippen LogP contribution in [0.25, 0.3) is 0 Å². The highest BCUT2D eigenvalue weighted by Crippen LogP contribution is 2.22. The first-order valence-corrected chi connectivity index (χ1v) is 13.0. The van der Waals surface area contributed by atoms with E-state index >= 15 is 0 Å². The van der Waals surface area contributed by atoms with Crippen LogP contribution in [0.5, 0.6) is 0 Å². The minimum absolute atomic E-state index is 0.242. The summed E-state index contributed by atoms with van der Waals surface area (Å²) in [5, 5.41) is 2.66. The van der Waals surface area contributed by atoms with Gasteiger partial charge < -0.3 is 15.1 Å². The van der Waals surface area contributed by atoms with Crippen LogP contribution in [0.3, 0.4) is 0 Å². The van der Waals surface area contributed by atoms with Crippen molar-refractivity contribution < 1.29 is 13.2 Å². The van der Waals surface area contributed by atoms with Crippen LogP contribution < -0.4 is 19.8 Å². The Labute approximate surface area is 190 Å². The number of sulfonamides is 1. The fourth-order valence-electron chi connectivity index (χ4n) is 4.19. The molecule has 0 bridgehead atoms. The molecule has 172 valence electrons. The smallest absolute Gasteiger partial charge is 0.241 e. The van der Waals surface area contributed by atoms with Crippen molar-refractivity contribution in [2.45, 2.75) is 38.6 Å². The van der Waals surface area contributed by atoms with Gasteiger partial charge in [-0.05, 0) is 68.0 Å². The Morgan fingerprint density at radius 2 is 1.53 bits per heavy atom. The molecule has 9 heteroatoms. The van der Waals surface area contributed by atoms with E-state index in [1.54, 1.807) is 18.3 Å². The number of aromatic nitrogens is 1. The Bertz CT molecular complexity index is 997. The Hall–Kier alpha value is -2.81. The molecule has 0 aliphatic carbocycles. The van der Waals surface area contributed by atoms with E-state index < -0.39 is 21.7 Å². The number of hydrogen-bond donors (Lipinski definition) is 2. The highest BCUT2D eigenvalue weighted by molar-refractivity contribution is 7.93. The van der Waals surface area contributed by atoms with E-state index in [1.807, 2.05) is 24.3 Å². The van der Waals surface area contributed by atoms with E-state index in [9.17, 15) is 13.2 Å².